The van der Waals surface area contributed by atoms with E-state index in [9.17, 15) is 26.3 Å². The van der Waals surface area contributed by atoms with Gasteiger partial charge in [-0.15, -0.1) is 0 Å². The second-order valence-corrected chi connectivity index (χ2v) is 4.01. The van der Waals surface area contributed by atoms with Crippen LogP contribution in [0.4, 0.5) is 26.3 Å². The van der Waals surface area contributed by atoms with Crippen LogP contribution in [0.2, 0.25) is 0 Å². The van der Waals surface area contributed by atoms with Crippen LogP contribution in [0.3, 0.4) is 0 Å². The second kappa shape index (κ2) is 8.93. The predicted octanol–water partition coefficient (Wildman–Crippen LogP) is 3.97. The Bertz CT molecular complexity index is 303. The summed E-state index contributed by atoms with van der Waals surface area (Å²) in [5.41, 5.74) is 0. The van der Waals surface area contributed by atoms with E-state index in [-0.39, 0.29) is 37.6 Å². The first-order valence-corrected chi connectivity index (χ1v) is 5.82. The van der Waals surface area contributed by atoms with E-state index in [1.807, 2.05) is 0 Å². The topological polar surface area (TPSA) is 27.7 Å². The van der Waals surface area contributed by atoms with Crippen molar-refractivity contribution < 1.29 is 40.6 Å². The lowest BCUT2D eigenvalue weighted by Gasteiger charge is -2.13. The van der Waals surface area contributed by atoms with Crippen molar-refractivity contribution in [3.8, 4) is 0 Å². The highest BCUT2D eigenvalue weighted by molar-refractivity contribution is 4.93. The number of hydrogen-bond donors (Lipinski definition) is 0. The minimum absolute atomic E-state index is 0.0124. The summed E-state index contributed by atoms with van der Waals surface area (Å²) in [7, 11) is 0. The van der Waals surface area contributed by atoms with Crippen molar-refractivity contribution in [1.82, 2.24) is 0 Å². The van der Waals surface area contributed by atoms with Crippen LogP contribution >= 0.6 is 0 Å². The van der Waals surface area contributed by atoms with Crippen LogP contribution in [-0.2, 0) is 14.2 Å². The summed E-state index contributed by atoms with van der Waals surface area (Å²) < 4.78 is 84.2. The van der Waals surface area contributed by atoms with E-state index in [1.54, 1.807) is 0 Å². The van der Waals surface area contributed by atoms with E-state index in [4.69, 9.17) is 4.74 Å². The summed E-state index contributed by atoms with van der Waals surface area (Å²) in [6, 6.07) is 0. The van der Waals surface area contributed by atoms with Crippen LogP contribution in [0.5, 0.6) is 0 Å². The fourth-order valence-corrected chi connectivity index (χ4v) is 1.05. The van der Waals surface area contributed by atoms with Gasteiger partial charge >= 0.3 is 12.4 Å². The Hall–Kier alpha value is -1.22. The molecule has 0 amide bonds. The van der Waals surface area contributed by atoms with Crippen molar-refractivity contribution in [2.45, 2.75) is 25.2 Å². The van der Waals surface area contributed by atoms with Gasteiger partial charge < -0.3 is 14.2 Å². The predicted molar refractivity (Wildman–Crippen MR) is 62.3 cm³/mol. The van der Waals surface area contributed by atoms with Gasteiger partial charge in [-0.1, -0.05) is 13.2 Å². The molecule has 0 spiro atoms. The Morgan fingerprint density at radius 3 is 1.33 bits per heavy atom. The van der Waals surface area contributed by atoms with Gasteiger partial charge in [-0.2, -0.15) is 26.3 Å². The van der Waals surface area contributed by atoms with Crippen LogP contribution in [0, 0.1) is 0 Å². The zero-order chi connectivity index (χ0) is 16.5. The molecule has 0 bridgehead atoms. The average molecular weight is 322 g/mol. The molecule has 0 aromatic carbocycles. The van der Waals surface area contributed by atoms with Crippen LogP contribution in [0.1, 0.15) is 12.8 Å². The van der Waals surface area contributed by atoms with Crippen molar-refractivity contribution >= 4 is 0 Å². The van der Waals surface area contributed by atoms with E-state index >= 15 is 0 Å². The zero-order valence-electron chi connectivity index (χ0n) is 11.1. The van der Waals surface area contributed by atoms with Gasteiger partial charge in [-0.25, -0.2) is 0 Å². The van der Waals surface area contributed by atoms with Gasteiger partial charge in [0.05, 0.1) is 24.7 Å². The van der Waals surface area contributed by atoms with Gasteiger partial charge in [0, 0.05) is 12.8 Å². The molecular weight excluding hydrogens is 306 g/mol. The lowest BCUT2D eigenvalue weighted by molar-refractivity contribution is -0.174. The first-order chi connectivity index (χ1) is 9.49. The highest BCUT2D eigenvalue weighted by Crippen LogP contribution is 2.17. The third kappa shape index (κ3) is 15.0. The first kappa shape index (κ1) is 19.8. The Balaban J connectivity index is 3.64. The minimum atomic E-state index is -4.40. The van der Waals surface area contributed by atoms with Crippen molar-refractivity contribution in [1.29, 1.82) is 0 Å². The van der Waals surface area contributed by atoms with E-state index in [0.29, 0.717) is 0 Å². The number of ether oxygens (including phenoxy) is 3. The van der Waals surface area contributed by atoms with E-state index in [0.717, 1.165) is 0 Å². The van der Waals surface area contributed by atoms with Crippen molar-refractivity contribution in [2.24, 2.45) is 0 Å². The van der Waals surface area contributed by atoms with Crippen molar-refractivity contribution in [3.05, 3.63) is 24.7 Å². The molecule has 0 saturated carbocycles. The molecule has 0 aliphatic rings. The smallest absolute Gasteiger partial charge is 0.411 e. The number of hydrogen-bond acceptors (Lipinski definition) is 3. The molecule has 0 aromatic rings. The molecule has 21 heavy (non-hydrogen) atoms. The molecule has 0 N–H and O–H groups in total. The largest absolute Gasteiger partial charge is 0.467 e. The molecule has 0 aliphatic carbocycles. The summed E-state index contributed by atoms with van der Waals surface area (Å²) in [4.78, 5) is 0. The number of alkyl halides is 6. The maximum Gasteiger partial charge on any atom is 0.411 e. The molecule has 9 heteroatoms. The molecular formula is C12H16F6O3. The Morgan fingerprint density at radius 2 is 1.05 bits per heavy atom. The van der Waals surface area contributed by atoms with Crippen molar-refractivity contribution in [2.75, 3.05) is 26.4 Å². The highest BCUT2D eigenvalue weighted by atomic mass is 19.4. The molecule has 0 rings (SSSR count). The van der Waals surface area contributed by atoms with Gasteiger partial charge in [0.2, 0.25) is 0 Å². The van der Waals surface area contributed by atoms with E-state index < -0.39 is 25.6 Å². The van der Waals surface area contributed by atoms with Gasteiger partial charge in [-0.05, 0) is 0 Å². The maximum atomic E-state index is 11.8. The van der Waals surface area contributed by atoms with E-state index in [2.05, 4.69) is 22.6 Å². The Morgan fingerprint density at radius 1 is 0.714 bits per heavy atom. The fourth-order valence-electron chi connectivity index (χ4n) is 1.05. The Kier molecular flexibility index (Phi) is 8.41. The quantitative estimate of drug-likeness (QED) is 0.346. The van der Waals surface area contributed by atoms with Crippen LogP contribution < -0.4 is 0 Å². The fraction of sp³-hybridized carbons (Fsp3) is 0.667. The summed E-state index contributed by atoms with van der Waals surface area (Å²) in [6.45, 7) is 3.65. The average Bonchev–Trinajstić information content (AvgIpc) is 2.28. The zero-order valence-corrected chi connectivity index (χ0v) is 11.1. The molecule has 0 unspecified atom stereocenters. The van der Waals surface area contributed by atoms with Crippen LogP contribution in [0.25, 0.3) is 0 Å². The lowest BCUT2D eigenvalue weighted by Crippen LogP contribution is -2.18. The van der Waals surface area contributed by atoms with Gasteiger partial charge in [0.15, 0.2) is 0 Å². The molecule has 0 atom stereocenters. The summed E-state index contributed by atoms with van der Waals surface area (Å²) >= 11 is 0. The summed E-state index contributed by atoms with van der Waals surface area (Å²) in [5.74, 6) is 0.219. The first-order valence-electron chi connectivity index (χ1n) is 5.82. The molecule has 3 nitrogen and oxygen atoms in total. The standard InChI is InChI=1S/C12H16F6O3/c1-9(3-5-19-7-11(13,14)15)21-10(2)4-6-20-8-12(16,17)18/h1-8H2. The summed E-state index contributed by atoms with van der Waals surface area (Å²) in [6.07, 6.45) is -8.78. The molecule has 0 aromatic heterocycles. The molecule has 0 radical (unpaired) electrons. The summed E-state index contributed by atoms with van der Waals surface area (Å²) in [5, 5.41) is 0. The lowest BCUT2D eigenvalue weighted by atomic mass is 10.3. The molecule has 0 heterocycles. The number of halogens is 6. The third-order valence-corrected chi connectivity index (χ3v) is 1.87. The monoisotopic (exact) mass is 322 g/mol. The normalized spacial score (nSPS) is 12.3. The SMILES string of the molecule is C=C(CCOCC(F)(F)F)OC(=C)CCOCC(F)(F)F. The highest BCUT2D eigenvalue weighted by Gasteiger charge is 2.27. The molecule has 0 saturated heterocycles. The van der Waals surface area contributed by atoms with Gasteiger partial charge in [-0.3, -0.25) is 0 Å². The van der Waals surface area contributed by atoms with E-state index in [1.165, 1.54) is 0 Å². The van der Waals surface area contributed by atoms with Crippen molar-refractivity contribution in [3.63, 3.8) is 0 Å². The Labute approximate surface area is 118 Å². The maximum absolute atomic E-state index is 11.8. The van der Waals surface area contributed by atoms with Gasteiger partial charge in [0.25, 0.3) is 0 Å². The van der Waals surface area contributed by atoms with Gasteiger partial charge in [0.1, 0.15) is 13.2 Å². The van der Waals surface area contributed by atoms with Crippen LogP contribution in [0.15, 0.2) is 24.7 Å². The molecule has 124 valence electrons. The number of rotatable bonds is 10. The third-order valence-electron chi connectivity index (χ3n) is 1.87. The molecule has 0 fully saturated rings. The minimum Gasteiger partial charge on any atom is -0.467 e. The molecule has 0 aliphatic heterocycles. The van der Waals surface area contributed by atoms with Crippen LogP contribution in [-0.4, -0.2) is 38.8 Å². The second-order valence-electron chi connectivity index (χ2n) is 4.01.